The molecule has 0 aliphatic rings. The number of nitrogens with one attached hydrogen (secondary N) is 2. The predicted molar refractivity (Wildman–Crippen MR) is 85.4 cm³/mol. The first kappa shape index (κ1) is 15.1. The zero-order chi connectivity index (χ0) is 15.1. The number of carbonyl (C=O) groups is 1. The van der Waals surface area contributed by atoms with Crippen molar-refractivity contribution in [2.75, 3.05) is 19.0 Å². The topological polar surface area (TPSA) is 50.4 Å². The first-order valence-electron chi connectivity index (χ1n) is 6.91. The molecule has 0 fully saturated rings. The Balaban J connectivity index is 1.95. The van der Waals surface area contributed by atoms with Crippen LogP contribution in [0.2, 0.25) is 0 Å². The van der Waals surface area contributed by atoms with Crippen LogP contribution in [0.3, 0.4) is 0 Å². The summed E-state index contributed by atoms with van der Waals surface area (Å²) in [5.74, 6) is 0. The van der Waals surface area contributed by atoms with Gasteiger partial charge in [0.05, 0.1) is 12.6 Å². The maximum Gasteiger partial charge on any atom is 0.319 e. The number of rotatable bonds is 5. The van der Waals surface area contributed by atoms with Gasteiger partial charge in [0.25, 0.3) is 0 Å². The Hall–Kier alpha value is -2.33. The molecule has 2 amide bonds. The molecule has 2 N–H and O–H groups in total. The van der Waals surface area contributed by atoms with Crippen LogP contribution in [0.4, 0.5) is 10.5 Å². The Labute approximate surface area is 125 Å². The van der Waals surface area contributed by atoms with E-state index in [1.54, 1.807) is 7.11 Å². The zero-order valence-corrected chi connectivity index (χ0v) is 12.3. The van der Waals surface area contributed by atoms with E-state index >= 15 is 0 Å². The predicted octanol–water partition coefficient (Wildman–Crippen LogP) is 3.51. The summed E-state index contributed by atoms with van der Waals surface area (Å²) in [7, 11) is 1.61. The SMILES string of the molecule is COCC(C)NC(=O)Nc1ccc(-c2ccccc2)cc1. The molecular formula is C17H20N2O2. The lowest BCUT2D eigenvalue weighted by atomic mass is 10.1. The standard InChI is InChI=1S/C17H20N2O2/c1-13(12-21-2)18-17(20)19-16-10-8-15(9-11-16)14-6-4-3-5-7-14/h3-11,13H,12H2,1-2H3,(H2,18,19,20). The molecule has 110 valence electrons. The van der Waals surface area contributed by atoms with Crippen molar-refractivity contribution in [2.24, 2.45) is 0 Å². The van der Waals surface area contributed by atoms with E-state index in [4.69, 9.17) is 4.74 Å². The average molecular weight is 284 g/mol. The van der Waals surface area contributed by atoms with Crippen molar-refractivity contribution >= 4 is 11.7 Å². The Morgan fingerprint density at radius 2 is 1.67 bits per heavy atom. The summed E-state index contributed by atoms with van der Waals surface area (Å²) in [6, 6.07) is 17.6. The van der Waals surface area contributed by atoms with Gasteiger partial charge < -0.3 is 15.4 Å². The summed E-state index contributed by atoms with van der Waals surface area (Å²) >= 11 is 0. The molecule has 2 aromatic carbocycles. The molecule has 1 atom stereocenters. The summed E-state index contributed by atoms with van der Waals surface area (Å²) in [6.45, 7) is 2.38. The maximum absolute atomic E-state index is 11.8. The number of hydrogen-bond donors (Lipinski definition) is 2. The van der Waals surface area contributed by atoms with Crippen molar-refractivity contribution < 1.29 is 9.53 Å². The van der Waals surface area contributed by atoms with Gasteiger partial charge in [0, 0.05) is 12.8 Å². The fourth-order valence-corrected chi connectivity index (χ4v) is 2.06. The molecule has 0 aromatic heterocycles. The number of carbonyl (C=O) groups excluding carboxylic acids is 1. The van der Waals surface area contributed by atoms with E-state index in [1.807, 2.05) is 49.4 Å². The van der Waals surface area contributed by atoms with Crippen LogP contribution in [0.5, 0.6) is 0 Å². The molecule has 0 saturated carbocycles. The number of hydrogen-bond acceptors (Lipinski definition) is 2. The highest BCUT2D eigenvalue weighted by molar-refractivity contribution is 5.89. The van der Waals surface area contributed by atoms with Crippen LogP contribution >= 0.6 is 0 Å². The number of urea groups is 1. The van der Waals surface area contributed by atoms with Crippen LogP contribution in [0, 0.1) is 0 Å². The summed E-state index contributed by atoms with van der Waals surface area (Å²) in [6.07, 6.45) is 0. The molecule has 0 radical (unpaired) electrons. The summed E-state index contributed by atoms with van der Waals surface area (Å²) in [5.41, 5.74) is 3.04. The Morgan fingerprint density at radius 3 is 2.29 bits per heavy atom. The van der Waals surface area contributed by atoms with Crippen LogP contribution in [0.25, 0.3) is 11.1 Å². The van der Waals surface area contributed by atoms with Crippen LogP contribution in [-0.4, -0.2) is 25.8 Å². The Kier molecular flexibility index (Phi) is 5.35. The van der Waals surface area contributed by atoms with Crippen molar-refractivity contribution in [3.05, 3.63) is 54.6 Å². The third kappa shape index (κ3) is 4.61. The number of anilines is 1. The monoisotopic (exact) mass is 284 g/mol. The third-order valence-electron chi connectivity index (χ3n) is 3.04. The van der Waals surface area contributed by atoms with E-state index in [0.717, 1.165) is 16.8 Å². The van der Waals surface area contributed by atoms with Crippen molar-refractivity contribution in [3.63, 3.8) is 0 Å². The molecule has 4 heteroatoms. The van der Waals surface area contributed by atoms with Gasteiger partial charge in [-0.2, -0.15) is 0 Å². The van der Waals surface area contributed by atoms with Crippen molar-refractivity contribution in [1.82, 2.24) is 5.32 Å². The lowest BCUT2D eigenvalue weighted by Gasteiger charge is -2.13. The fraction of sp³-hybridized carbons (Fsp3) is 0.235. The minimum Gasteiger partial charge on any atom is -0.383 e. The van der Waals surface area contributed by atoms with Crippen LogP contribution < -0.4 is 10.6 Å². The second kappa shape index (κ2) is 7.45. The minimum atomic E-state index is -0.230. The van der Waals surface area contributed by atoms with Gasteiger partial charge in [0.15, 0.2) is 0 Å². The van der Waals surface area contributed by atoms with Crippen molar-refractivity contribution in [2.45, 2.75) is 13.0 Å². The number of ether oxygens (including phenoxy) is 1. The van der Waals surface area contributed by atoms with Gasteiger partial charge in [0.1, 0.15) is 0 Å². The van der Waals surface area contributed by atoms with Crippen molar-refractivity contribution in [3.8, 4) is 11.1 Å². The zero-order valence-electron chi connectivity index (χ0n) is 12.3. The largest absolute Gasteiger partial charge is 0.383 e. The first-order chi connectivity index (χ1) is 10.2. The molecule has 2 aromatic rings. The number of benzene rings is 2. The van der Waals surface area contributed by atoms with Gasteiger partial charge in [-0.25, -0.2) is 4.79 Å². The van der Waals surface area contributed by atoms with Gasteiger partial charge in [-0.1, -0.05) is 42.5 Å². The highest BCUT2D eigenvalue weighted by Crippen LogP contribution is 2.20. The van der Waals surface area contributed by atoms with E-state index < -0.39 is 0 Å². The lowest BCUT2D eigenvalue weighted by Crippen LogP contribution is -2.38. The molecule has 0 spiro atoms. The van der Waals surface area contributed by atoms with E-state index in [0.29, 0.717) is 6.61 Å². The second-order valence-corrected chi connectivity index (χ2v) is 4.90. The van der Waals surface area contributed by atoms with Gasteiger partial charge in [0.2, 0.25) is 0 Å². The summed E-state index contributed by atoms with van der Waals surface area (Å²) in [4.78, 5) is 11.8. The molecule has 0 heterocycles. The van der Waals surface area contributed by atoms with E-state index in [-0.39, 0.29) is 12.1 Å². The quantitative estimate of drug-likeness (QED) is 0.882. The maximum atomic E-state index is 11.8. The molecule has 0 aliphatic carbocycles. The summed E-state index contributed by atoms with van der Waals surface area (Å²) < 4.78 is 4.98. The molecule has 0 aliphatic heterocycles. The smallest absolute Gasteiger partial charge is 0.319 e. The molecule has 2 rings (SSSR count). The number of amides is 2. The van der Waals surface area contributed by atoms with Crippen LogP contribution in [0.1, 0.15) is 6.92 Å². The van der Waals surface area contributed by atoms with Gasteiger partial charge >= 0.3 is 6.03 Å². The third-order valence-corrected chi connectivity index (χ3v) is 3.04. The second-order valence-electron chi connectivity index (χ2n) is 4.90. The summed E-state index contributed by atoms with van der Waals surface area (Å²) in [5, 5.41) is 5.60. The first-order valence-corrected chi connectivity index (χ1v) is 6.91. The number of methoxy groups -OCH3 is 1. The van der Waals surface area contributed by atoms with E-state index in [9.17, 15) is 4.79 Å². The highest BCUT2D eigenvalue weighted by Gasteiger charge is 2.06. The van der Waals surface area contributed by atoms with E-state index in [1.165, 1.54) is 0 Å². The van der Waals surface area contributed by atoms with Gasteiger partial charge in [-0.05, 0) is 30.2 Å². The van der Waals surface area contributed by atoms with Gasteiger partial charge in [-0.3, -0.25) is 0 Å². The van der Waals surface area contributed by atoms with Crippen molar-refractivity contribution in [1.29, 1.82) is 0 Å². The Bertz CT molecular complexity index is 567. The average Bonchev–Trinajstić information content (AvgIpc) is 2.49. The molecule has 1 unspecified atom stereocenters. The lowest BCUT2D eigenvalue weighted by molar-refractivity contribution is 0.173. The normalized spacial score (nSPS) is 11.7. The molecule has 4 nitrogen and oxygen atoms in total. The van der Waals surface area contributed by atoms with E-state index in [2.05, 4.69) is 22.8 Å². The molecular weight excluding hydrogens is 264 g/mol. The molecule has 21 heavy (non-hydrogen) atoms. The van der Waals surface area contributed by atoms with Crippen LogP contribution in [0.15, 0.2) is 54.6 Å². The Morgan fingerprint density at radius 1 is 1.05 bits per heavy atom. The molecule has 0 saturated heterocycles. The van der Waals surface area contributed by atoms with Crippen LogP contribution in [-0.2, 0) is 4.74 Å². The van der Waals surface area contributed by atoms with Gasteiger partial charge in [-0.15, -0.1) is 0 Å². The minimum absolute atomic E-state index is 0.0291. The molecule has 0 bridgehead atoms. The highest BCUT2D eigenvalue weighted by atomic mass is 16.5. The fourth-order valence-electron chi connectivity index (χ4n) is 2.06.